The Kier molecular flexibility index (Phi) is 4.20. The molecule has 0 aromatic carbocycles. The molecule has 4 fully saturated rings. The molecule has 1 amide bonds. The van der Waals surface area contributed by atoms with Crippen LogP contribution in [0.15, 0.2) is 0 Å². The summed E-state index contributed by atoms with van der Waals surface area (Å²) >= 11 is 0. The van der Waals surface area contributed by atoms with Crippen LogP contribution in [-0.2, 0) is 14.3 Å². The van der Waals surface area contributed by atoms with Gasteiger partial charge in [0.15, 0.2) is 0 Å². The molecule has 1 heterocycles. The van der Waals surface area contributed by atoms with Gasteiger partial charge < -0.3 is 10.1 Å². The zero-order valence-electron chi connectivity index (χ0n) is 17.0. The van der Waals surface area contributed by atoms with E-state index in [0.717, 1.165) is 25.7 Å². The molecule has 1 aliphatic heterocycles. The standard InChI is InChI=1S/C22H35NO3/c1-12-11-16-21(3,9-7-17(24)23-16)14-6-8-22(4)15(18(12)14)10-13(2)19(22)20(25)26-5/h12-16,18-19H,6-11H2,1-5H3,(H,23,24). The largest absolute Gasteiger partial charge is 0.469 e. The lowest BCUT2D eigenvalue weighted by Gasteiger charge is -2.62. The van der Waals surface area contributed by atoms with Gasteiger partial charge in [0.25, 0.3) is 0 Å². The Bertz CT molecular complexity index is 619. The van der Waals surface area contributed by atoms with Gasteiger partial charge in [-0.2, -0.15) is 0 Å². The van der Waals surface area contributed by atoms with Crippen LogP contribution in [0.4, 0.5) is 0 Å². The zero-order chi connectivity index (χ0) is 18.9. The fourth-order valence-electron chi connectivity index (χ4n) is 8.04. The SMILES string of the molecule is COC(=O)C1C(C)CC2C3C(C)CC4NC(=O)CCC4(C)C3CCC21C. The Hall–Kier alpha value is -1.06. The van der Waals surface area contributed by atoms with Crippen molar-refractivity contribution in [3.05, 3.63) is 0 Å². The van der Waals surface area contributed by atoms with E-state index in [4.69, 9.17) is 4.74 Å². The first kappa shape index (κ1) is 18.3. The van der Waals surface area contributed by atoms with Crippen LogP contribution in [-0.4, -0.2) is 25.0 Å². The fraction of sp³-hybridized carbons (Fsp3) is 0.909. The van der Waals surface area contributed by atoms with Crippen LogP contribution in [0.3, 0.4) is 0 Å². The molecule has 26 heavy (non-hydrogen) atoms. The molecular formula is C22H35NO3. The van der Waals surface area contributed by atoms with Crippen molar-refractivity contribution in [1.29, 1.82) is 0 Å². The zero-order valence-corrected chi connectivity index (χ0v) is 17.0. The molecule has 9 unspecified atom stereocenters. The second kappa shape index (κ2) is 5.97. The van der Waals surface area contributed by atoms with Crippen molar-refractivity contribution in [1.82, 2.24) is 5.32 Å². The highest BCUT2D eigenvalue weighted by atomic mass is 16.5. The molecule has 3 aliphatic carbocycles. The van der Waals surface area contributed by atoms with E-state index in [1.165, 1.54) is 13.5 Å². The molecule has 0 aromatic heterocycles. The van der Waals surface area contributed by atoms with Gasteiger partial charge in [-0.1, -0.05) is 27.7 Å². The maximum atomic E-state index is 12.6. The fourth-order valence-corrected chi connectivity index (χ4v) is 8.04. The van der Waals surface area contributed by atoms with Crippen molar-refractivity contribution in [3.8, 4) is 0 Å². The summed E-state index contributed by atoms with van der Waals surface area (Å²) in [4.78, 5) is 24.6. The van der Waals surface area contributed by atoms with Crippen LogP contribution in [0.2, 0.25) is 0 Å². The molecule has 4 rings (SSSR count). The molecule has 0 aromatic rings. The van der Waals surface area contributed by atoms with Crippen LogP contribution in [0.1, 0.15) is 66.2 Å². The number of hydrogen-bond donors (Lipinski definition) is 1. The number of esters is 1. The average Bonchev–Trinajstić information content (AvgIpc) is 2.86. The summed E-state index contributed by atoms with van der Waals surface area (Å²) in [6, 6.07) is 0.333. The van der Waals surface area contributed by atoms with Crippen LogP contribution in [0.5, 0.6) is 0 Å². The van der Waals surface area contributed by atoms with E-state index in [9.17, 15) is 9.59 Å². The number of carbonyl (C=O) groups is 2. The maximum absolute atomic E-state index is 12.6. The van der Waals surface area contributed by atoms with Crippen molar-refractivity contribution in [2.45, 2.75) is 72.3 Å². The van der Waals surface area contributed by atoms with Crippen molar-refractivity contribution < 1.29 is 14.3 Å². The highest BCUT2D eigenvalue weighted by Crippen LogP contribution is 2.67. The lowest BCUT2D eigenvalue weighted by molar-refractivity contribution is -0.160. The summed E-state index contributed by atoms with van der Waals surface area (Å²) < 4.78 is 5.21. The monoisotopic (exact) mass is 361 g/mol. The van der Waals surface area contributed by atoms with Gasteiger partial charge in [-0.3, -0.25) is 9.59 Å². The summed E-state index contributed by atoms with van der Waals surface area (Å²) in [5.41, 5.74) is 0.294. The molecule has 4 heteroatoms. The molecule has 0 bridgehead atoms. The third-order valence-electron chi connectivity index (χ3n) is 9.26. The topological polar surface area (TPSA) is 55.4 Å². The molecule has 1 N–H and O–H groups in total. The van der Waals surface area contributed by atoms with Crippen LogP contribution >= 0.6 is 0 Å². The molecule has 146 valence electrons. The van der Waals surface area contributed by atoms with Gasteiger partial charge in [-0.05, 0) is 72.5 Å². The van der Waals surface area contributed by atoms with E-state index in [0.29, 0.717) is 42.1 Å². The molecule has 9 atom stereocenters. The summed E-state index contributed by atoms with van der Waals surface area (Å²) in [6.07, 6.45) is 6.24. The number of carbonyl (C=O) groups excluding carboxylic acids is 2. The number of ether oxygens (including phenoxy) is 1. The molecule has 1 saturated heterocycles. The maximum Gasteiger partial charge on any atom is 0.309 e. The number of methoxy groups -OCH3 is 1. The minimum absolute atomic E-state index is 0.00145. The second-order valence-corrected chi connectivity index (χ2v) is 10.4. The number of rotatable bonds is 1. The van der Waals surface area contributed by atoms with Crippen LogP contribution in [0, 0.1) is 46.3 Å². The number of amides is 1. The highest BCUT2D eigenvalue weighted by Gasteiger charge is 2.64. The lowest BCUT2D eigenvalue weighted by Crippen LogP contribution is -2.63. The Balaban J connectivity index is 1.68. The van der Waals surface area contributed by atoms with E-state index >= 15 is 0 Å². The summed E-state index contributed by atoms with van der Waals surface area (Å²) in [6.45, 7) is 9.43. The quantitative estimate of drug-likeness (QED) is 0.723. The van der Waals surface area contributed by atoms with Crippen molar-refractivity contribution in [2.75, 3.05) is 7.11 Å². The molecule has 4 aliphatic rings. The first-order valence-corrected chi connectivity index (χ1v) is 10.6. The predicted octanol–water partition coefficient (Wildman–Crippen LogP) is 3.79. The molecule has 0 radical (unpaired) electrons. The Labute approximate surface area is 157 Å². The molecule has 4 nitrogen and oxygen atoms in total. The highest BCUT2D eigenvalue weighted by molar-refractivity contribution is 5.77. The molecule has 3 saturated carbocycles. The van der Waals surface area contributed by atoms with E-state index < -0.39 is 0 Å². The minimum atomic E-state index is -0.00145. The van der Waals surface area contributed by atoms with E-state index in [2.05, 4.69) is 33.0 Å². The summed E-state index contributed by atoms with van der Waals surface area (Å²) in [5, 5.41) is 3.32. The van der Waals surface area contributed by atoms with Gasteiger partial charge in [-0.15, -0.1) is 0 Å². The van der Waals surface area contributed by atoms with Gasteiger partial charge in [0.05, 0.1) is 13.0 Å². The smallest absolute Gasteiger partial charge is 0.309 e. The normalized spacial score (nSPS) is 53.1. The average molecular weight is 362 g/mol. The number of hydrogen-bond acceptors (Lipinski definition) is 3. The van der Waals surface area contributed by atoms with E-state index in [-0.39, 0.29) is 28.6 Å². The lowest BCUT2D eigenvalue weighted by atomic mass is 9.45. The first-order chi connectivity index (χ1) is 12.2. The molecule has 0 spiro atoms. The van der Waals surface area contributed by atoms with E-state index in [1.54, 1.807) is 0 Å². The van der Waals surface area contributed by atoms with Gasteiger partial charge >= 0.3 is 5.97 Å². The Morgan fingerprint density at radius 1 is 1.08 bits per heavy atom. The van der Waals surface area contributed by atoms with Crippen molar-refractivity contribution >= 4 is 11.9 Å². The van der Waals surface area contributed by atoms with Gasteiger partial charge in [-0.25, -0.2) is 0 Å². The van der Waals surface area contributed by atoms with Gasteiger partial charge in [0.1, 0.15) is 0 Å². The third kappa shape index (κ3) is 2.32. The minimum Gasteiger partial charge on any atom is -0.469 e. The Morgan fingerprint density at radius 2 is 1.81 bits per heavy atom. The predicted molar refractivity (Wildman–Crippen MR) is 100 cm³/mol. The number of nitrogens with one attached hydrogen (secondary N) is 1. The second-order valence-electron chi connectivity index (χ2n) is 10.4. The van der Waals surface area contributed by atoms with Gasteiger partial charge in [0.2, 0.25) is 5.91 Å². The third-order valence-corrected chi connectivity index (χ3v) is 9.26. The summed E-state index contributed by atoms with van der Waals surface area (Å²) in [5.74, 6) is 3.22. The Morgan fingerprint density at radius 3 is 2.50 bits per heavy atom. The van der Waals surface area contributed by atoms with Crippen LogP contribution < -0.4 is 5.32 Å². The van der Waals surface area contributed by atoms with E-state index in [1.807, 2.05) is 0 Å². The molecular weight excluding hydrogens is 326 g/mol. The van der Waals surface area contributed by atoms with Crippen molar-refractivity contribution in [2.24, 2.45) is 46.3 Å². The summed E-state index contributed by atoms with van der Waals surface area (Å²) in [7, 11) is 1.54. The number of piperidine rings is 1. The van der Waals surface area contributed by atoms with Crippen LogP contribution in [0.25, 0.3) is 0 Å². The number of fused-ring (bicyclic) bond motifs is 5. The van der Waals surface area contributed by atoms with Gasteiger partial charge in [0, 0.05) is 12.5 Å². The van der Waals surface area contributed by atoms with Crippen molar-refractivity contribution in [3.63, 3.8) is 0 Å². The first-order valence-electron chi connectivity index (χ1n) is 10.6.